The lowest BCUT2D eigenvalue weighted by Crippen LogP contribution is -2.24. The van der Waals surface area contributed by atoms with Crippen LogP contribution in [0.1, 0.15) is 41.3 Å². The van der Waals surface area contributed by atoms with Crippen LogP contribution < -0.4 is 10.6 Å². The third kappa shape index (κ3) is 5.13. The van der Waals surface area contributed by atoms with Crippen LogP contribution in [0.5, 0.6) is 0 Å². The first-order valence-corrected chi connectivity index (χ1v) is 8.12. The van der Waals surface area contributed by atoms with E-state index in [-0.39, 0.29) is 18.0 Å². The summed E-state index contributed by atoms with van der Waals surface area (Å²) in [5, 5.41) is 5.87. The van der Waals surface area contributed by atoms with Crippen molar-refractivity contribution in [3.05, 3.63) is 70.8 Å². The summed E-state index contributed by atoms with van der Waals surface area (Å²) in [5.41, 5.74) is 1.58. The van der Waals surface area contributed by atoms with Crippen LogP contribution in [-0.2, 0) is 13.1 Å². The van der Waals surface area contributed by atoms with Gasteiger partial charge in [-0.3, -0.25) is 4.79 Å². The Bertz CT molecular complexity index is 651. The van der Waals surface area contributed by atoms with Gasteiger partial charge < -0.3 is 10.6 Å². The SMILES string of the molecule is CCCCNC(=O)c1ccc(CNCc2c(F)cccc2F)cc1. The van der Waals surface area contributed by atoms with Gasteiger partial charge in [0, 0.05) is 30.8 Å². The highest BCUT2D eigenvalue weighted by molar-refractivity contribution is 5.94. The van der Waals surface area contributed by atoms with Gasteiger partial charge in [0.1, 0.15) is 11.6 Å². The van der Waals surface area contributed by atoms with Gasteiger partial charge in [-0.1, -0.05) is 31.5 Å². The molecule has 0 spiro atoms. The number of benzene rings is 2. The minimum absolute atomic E-state index is 0.0319. The van der Waals surface area contributed by atoms with Gasteiger partial charge in [0.2, 0.25) is 0 Å². The molecule has 0 fully saturated rings. The molecular weight excluding hydrogens is 310 g/mol. The Hall–Kier alpha value is -2.27. The van der Waals surface area contributed by atoms with E-state index in [0.717, 1.165) is 18.4 Å². The number of hydrogen-bond donors (Lipinski definition) is 2. The molecule has 0 aromatic heterocycles. The lowest BCUT2D eigenvalue weighted by molar-refractivity contribution is 0.0953. The van der Waals surface area contributed by atoms with E-state index in [4.69, 9.17) is 0 Å². The molecule has 2 rings (SSSR count). The molecule has 0 bridgehead atoms. The number of rotatable bonds is 8. The number of halogens is 2. The van der Waals surface area contributed by atoms with E-state index in [2.05, 4.69) is 17.6 Å². The van der Waals surface area contributed by atoms with Crippen LogP contribution in [0.15, 0.2) is 42.5 Å². The summed E-state index contributed by atoms with van der Waals surface area (Å²) in [4.78, 5) is 11.9. The zero-order valence-electron chi connectivity index (χ0n) is 13.7. The number of amides is 1. The minimum Gasteiger partial charge on any atom is -0.352 e. The molecule has 0 aliphatic heterocycles. The normalized spacial score (nSPS) is 10.6. The summed E-state index contributed by atoms with van der Waals surface area (Å²) in [6.45, 7) is 3.32. The fraction of sp³-hybridized carbons (Fsp3) is 0.316. The predicted molar refractivity (Wildman–Crippen MR) is 90.6 cm³/mol. The van der Waals surface area contributed by atoms with Crippen molar-refractivity contribution in [2.75, 3.05) is 6.54 Å². The van der Waals surface area contributed by atoms with Crippen molar-refractivity contribution in [2.24, 2.45) is 0 Å². The molecule has 3 nitrogen and oxygen atoms in total. The quantitative estimate of drug-likeness (QED) is 0.722. The van der Waals surface area contributed by atoms with Crippen molar-refractivity contribution in [1.82, 2.24) is 10.6 Å². The first-order valence-electron chi connectivity index (χ1n) is 8.12. The van der Waals surface area contributed by atoms with Crippen molar-refractivity contribution in [3.63, 3.8) is 0 Å². The molecule has 0 aliphatic rings. The molecule has 0 radical (unpaired) electrons. The van der Waals surface area contributed by atoms with E-state index in [0.29, 0.717) is 18.7 Å². The van der Waals surface area contributed by atoms with Gasteiger partial charge in [-0.05, 0) is 36.2 Å². The Balaban J connectivity index is 1.85. The summed E-state index contributed by atoms with van der Waals surface area (Å²) in [6, 6.07) is 11.0. The lowest BCUT2D eigenvalue weighted by atomic mass is 10.1. The zero-order valence-corrected chi connectivity index (χ0v) is 13.7. The average Bonchev–Trinajstić information content (AvgIpc) is 2.58. The zero-order chi connectivity index (χ0) is 17.4. The fourth-order valence-electron chi connectivity index (χ4n) is 2.29. The van der Waals surface area contributed by atoms with Gasteiger partial charge >= 0.3 is 0 Å². The van der Waals surface area contributed by atoms with E-state index in [1.165, 1.54) is 18.2 Å². The molecule has 0 saturated heterocycles. The van der Waals surface area contributed by atoms with Crippen molar-refractivity contribution >= 4 is 5.91 Å². The second-order valence-corrected chi connectivity index (χ2v) is 5.61. The molecule has 0 aliphatic carbocycles. The molecule has 2 N–H and O–H groups in total. The average molecular weight is 332 g/mol. The smallest absolute Gasteiger partial charge is 0.251 e. The number of unbranched alkanes of at least 4 members (excludes halogenated alkanes) is 1. The molecule has 2 aromatic carbocycles. The Labute approximate surface area is 141 Å². The standard InChI is InChI=1S/C19H22F2N2O/c1-2-3-11-23-19(24)15-9-7-14(8-10-15)12-22-13-16-17(20)5-4-6-18(16)21/h4-10,22H,2-3,11-13H2,1H3,(H,23,24). The summed E-state index contributed by atoms with van der Waals surface area (Å²) >= 11 is 0. The third-order valence-corrected chi connectivity index (χ3v) is 3.72. The maximum atomic E-state index is 13.5. The monoisotopic (exact) mass is 332 g/mol. The van der Waals surface area contributed by atoms with E-state index in [1.807, 2.05) is 12.1 Å². The predicted octanol–water partition coefficient (Wildman–Crippen LogP) is 3.78. The van der Waals surface area contributed by atoms with Crippen molar-refractivity contribution in [2.45, 2.75) is 32.9 Å². The Morgan fingerprint density at radius 3 is 2.29 bits per heavy atom. The molecular formula is C19H22F2N2O. The Morgan fingerprint density at radius 1 is 1.00 bits per heavy atom. The van der Waals surface area contributed by atoms with Crippen LogP contribution in [0.3, 0.4) is 0 Å². The van der Waals surface area contributed by atoms with Crippen LogP contribution >= 0.6 is 0 Å². The van der Waals surface area contributed by atoms with Gasteiger partial charge in [-0.15, -0.1) is 0 Å². The number of hydrogen-bond acceptors (Lipinski definition) is 2. The molecule has 24 heavy (non-hydrogen) atoms. The molecule has 0 saturated carbocycles. The molecule has 2 aromatic rings. The van der Waals surface area contributed by atoms with Crippen molar-refractivity contribution in [3.8, 4) is 0 Å². The molecule has 5 heteroatoms. The Kier molecular flexibility index (Phi) is 6.88. The van der Waals surface area contributed by atoms with E-state index in [9.17, 15) is 13.6 Å². The number of nitrogens with one attached hydrogen (secondary N) is 2. The Morgan fingerprint density at radius 2 is 1.67 bits per heavy atom. The van der Waals surface area contributed by atoms with E-state index >= 15 is 0 Å². The van der Waals surface area contributed by atoms with Gasteiger partial charge in [0.05, 0.1) is 0 Å². The van der Waals surface area contributed by atoms with Crippen molar-refractivity contribution in [1.29, 1.82) is 0 Å². The van der Waals surface area contributed by atoms with Gasteiger partial charge in [-0.25, -0.2) is 8.78 Å². The molecule has 0 atom stereocenters. The molecule has 1 amide bonds. The fourth-order valence-corrected chi connectivity index (χ4v) is 2.29. The molecule has 0 heterocycles. The maximum absolute atomic E-state index is 13.5. The van der Waals surface area contributed by atoms with Gasteiger partial charge in [-0.2, -0.15) is 0 Å². The summed E-state index contributed by atoms with van der Waals surface area (Å²) in [5.74, 6) is -1.19. The first-order chi connectivity index (χ1) is 11.6. The van der Waals surface area contributed by atoms with Crippen molar-refractivity contribution < 1.29 is 13.6 Å². The summed E-state index contributed by atoms with van der Waals surface area (Å²) < 4.78 is 27.0. The second kappa shape index (κ2) is 9.13. The first kappa shape index (κ1) is 18.1. The number of carbonyl (C=O) groups is 1. The van der Waals surface area contributed by atoms with E-state index in [1.54, 1.807) is 12.1 Å². The molecule has 0 unspecified atom stereocenters. The number of carbonyl (C=O) groups excluding carboxylic acids is 1. The van der Waals surface area contributed by atoms with Crippen LogP contribution in [0.25, 0.3) is 0 Å². The van der Waals surface area contributed by atoms with Crippen LogP contribution in [0, 0.1) is 11.6 Å². The van der Waals surface area contributed by atoms with Gasteiger partial charge in [0.15, 0.2) is 0 Å². The lowest BCUT2D eigenvalue weighted by Gasteiger charge is -2.08. The maximum Gasteiger partial charge on any atom is 0.251 e. The second-order valence-electron chi connectivity index (χ2n) is 5.61. The largest absolute Gasteiger partial charge is 0.352 e. The summed E-state index contributed by atoms with van der Waals surface area (Å²) in [6.07, 6.45) is 1.99. The highest BCUT2D eigenvalue weighted by Gasteiger charge is 2.08. The van der Waals surface area contributed by atoms with Crippen LogP contribution in [0.2, 0.25) is 0 Å². The summed E-state index contributed by atoms with van der Waals surface area (Å²) in [7, 11) is 0. The molecule has 128 valence electrons. The topological polar surface area (TPSA) is 41.1 Å². The third-order valence-electron chi connectivity index (χ3n) is 3.72. The highest BCUT2D eigenvalue weighted by Crippen LogP contribution is 2.12. The van der Waals surface area contributed by atoms with Crippen LogP contribution in [-0.4, -0.2) is 12.5 Å². The van der Waals surface area contributed by atoms with Crippen LogP contribution in [0.4, 0.5) is 8.78 Å². The minimum atomic E-state index is -0.554. The highest BCUT2D eigenvalue weighted by atomic mass is 19.1. The van der Waals surface area contributed by atoms with E-state index < -0.39 is 11.6 Å². The van der Waals surface area contributed by atoms with Gasteiger partial charge in [0.25, 0.3) is 5.91 Å².